The second kappa shape index (κ2) is 3.71. The van der Waals surface area contributed by atoms with Crippen molar-refractivity contribution in [3.63, 3.8) is 0 Å². The minimum atomic E-state index is 0.725. The first-order chi connectivity index (χ1) is 6.42. The fourth-order valence-electron chi connectivity index (χ4n) is 1.77. The molecule has 0 amide bonds. The molecule has 0 spiro atoms. The summed E-state index contributed by atoms with van der Waals surface area (Å²) in [6, 6.07) is 6.31. The monoisotopic (exact) mass is 175 g/mol. The van der Waals surface area contributed by atoms with Crippen molar-refractivity contribution in [1.29, 1.82) is 0 Å². The summed E-state index contributed by atoms with van der Waals surface area (Å²) in [4.78, 5) is 3.92. The van der Waals surface area contributed by atoms with Gasteiger partial charge in [-0.2, -0.15) is 0 Å². The summed E-state index contributed by atoms with van der Waals surface area (Å²) in [6.45, 7) is 5.83. The van der Waals surface area contributed by atoms with Gasteiger partial charge in [0.25, 0.3) is 0 Å². The molecule has 2 heteroatoms. The molecule has 1 aliphatic rings. The van der Waals surface area contributed by atoms with Crippen LogP contribution in [-0.4, -0.2) is 13.3 Å². The van der Waals surface area contributed by atoms with Crippen LogP contribution in [0.1, 0.15) is 16.7 Å². The maximum Gasteiger partial charge on any atom is 0.0719 e. The van der Waals surface area contributed by atoms with Crippen LogP contribution in [0.15, 0.2) is 23.2 Å². The van der Waals surface area contributed by atoms with Gasteiger partial charge in [0.2, 0.25) is 0 Å². The maximum absolute atomic E-state index is 5.38. The van der Waals surface area contributed by atoms with E-state index in [4.69, 9.17) is 4.74 Å². The SMILES string of the molecule is C=NCc1cccc2c1CCOC2. The van der Waals surface area contributed by atoms with Crippen molar-refractivity contribution in [2.75, 3.05) is 6.61 Å². The van der Waals surface area contributed by atoms with Crippen molar-refractivity contribution in [1.82, 2.24) is 0 Å². The average molecular weight is 175 g/mol. The maximum atomic E-state index is 5.38. The van der Waals surface area contributed by atoms with Crippen LogP contribution < -0.4 is 0 Å². The van der Waals surface area contributed by atoms with Gasteiger partial charge in [-0.05, 0) is 29.8 Å². The molecule has 0 saturated carbocycles. The molecule has 2 rings (SSSR count). The van der Waals surface area contributed by atoms with Crippen molar-refractivity contribution in [2.24, 2.45) is 4.99 Å². The van der Waals surface area contributed by atoms with Crippen LogP contribution >= 0.6 is 0 Å². The highest BCUT2D eigenvalue weighted by Gasteiger charge is 2.11. The van der Waals surface area contributed by atoms with E-state index in [1.165, 1.54) is 16.7 Å². The Bertz CT molecular complexity index is 320. The number of fused-ring (bicyclic) bond motifs is 1. The average Bonchev–Trinajstić information content (AvgIpc) is 2.19. The summed E-state index contributed by atoms with van der Waals surface area (Å²) in [6.07, 6.45) is 1.01. The minimum absolute atomic E-state index is 0.725. The molecular weight excluding hydrogens is 162 g/mol. The summed E-state index contributed by atoms with van der Waals surface area (Å²) in [7, 11) is 0. The molecule has 0 aliphatic carbocycles. The molecule has 0 unspecified atom stereocenters. The normalized spacial score (nSPS) is 15.1. The molecule has 0 aromatic heterocycles. The Kier molecular flexibility index (Phi) is 2.41. The zero-order valence-electron chi connectivity index (χ0n) is 7.62. The molecule has 0 fully saturated rings. The fraction of sp³-hybridized carbons (Fsp3) is 0.364. The standard InChI is InChI=1S/C11H13NO/c1-12-7-9-3-2-4-10-8-13-6-5-11(9)10/h2-4H,1,5-8H2. The number of benzene rings is 1. The summed E-state index contributed by atoms with van der Waals surface area (Å²) in [5.41, 5.74) is 4.03. The van der Waals surface area contributed by atoms with Gasteiger partial charge in [-0.3, -0.25) is 4.99 Å². The van der Waals surface area contributed by atoms with E-state index in [0.717, 1.165) is 26.2 Å². The molecule has 0 atom stereocenters. The van der Waals surface area contributed by atoms with Crippen molar-refractivity contribution in [2.45, 2.75) is 19.6 Å². The van der Waals surface area contributed by atoms with Gasteiger partial charge in [-0.1, -0.05) is 18.2 Å². The molecule has 2 nitrogen and oxygen atoms in total. The molecule has 1 aliphatic heterocycles. The van der Waals surface area contributed by atoms with E-state index >= 15 is 0 Å². The van der Waals surface area contributed by atoms with E-state index in [1.807, 2.05) is 0 Å². The quantitative estimate of drug-likeness (QED) is 0.630. The topological polar surface area (TPSA) is 21.6 Å². The van der Waals surface area contributed by atoms with E-state index in [1.54, 1.807) is 0 Å². The van der Waals surface area contributed by atoms with Crippen LogP contribution in [0.3, 0.4) is 0 Å². The Hall–Kier alpha value is -1.15. The Morgan fingerprint density at radius 3 is 3.23 bits per heavy atom. The highest BCUT2D eigenvalue weighted by atomic mass is 16.5. The third kappa shape index (κ3) is 1.63. The molecule has 68 valence electrons. The number of hydrogen-bond acceptors (Lipinski definition) is 2. The predicted molar refractivity (Wildman–Crippen MR) is 53.1 cm³/mol. The van der Waals surface area contributed by atoms with Crippen LogP contribution in [0.5, 0.6) is 0 Å². The summed E-state index contributed by atoms with van der Waals surface area (Å²) < 4.78 is 5.38. The van der Waals surface area contributed by atoms with Gasteiger partial charge in [-0.25, -0.2) is 0 Å². The van der Waals surface area contributed by atoms with E-state index in [2.05, 4.69) is 29.9 Å². The van der Waals surface area contributed by atoms with Crippen LogP contribution in [0.4, 0.5) is 0 Å². The Morgan fingerprint density at radius 2 is 2.38 bits per heavy atom. The van der Waals surface area contributed by atoms with Crippen molar-refractivity contribution >= 4 is 6.72 Å². The Balaban J connectivity index is 2.39. The number of aliphatic imine (C=N–C) groups is 1. The molecule has 0 saturated heterocycles. The highest BCUT2D eigenvalue weighted by molar-refractivity contribution is 5.37. The molecule has 1 heterocycles. The fourth-order valence-corrected chi connectivity index (χ4v) is 1.77. The van der Waals surface area contributed by atoms with Gasteiger partial charge < -0.3 is 4.74 Å². The first-order valence-electron chi connectivity index (χ1n) is 4.51. The van der Waals surface area contributed by atoms with E-state index in [0.29, 0.717) is 0 Å². The predicted octanol–water partition coefficient (Wildman–Crippen LogP) is 1.96. The number of ether oxygens (including phenoxy) is 1. The zero-order chi connectivity index (χ0) is 9.10. The van der Waals surface area contributed by atoms with E-state index in [-0.39, 0.29) is 0 Å². The lowest BCUT2D eigenvalue weighted by atomic mass is 9.97. The largest absolute Gasteiger partial charge is 0.376 e. The minimum Gasteiger partial charge on any atom is -0.376 e. The smallest absolute Gasteiger partial charge is 0.0719 e. The lowest BCUT2D eigenvalue weighted by molar-refractivity contribution is 0.110. The lowest BCUT2D eigenvalue weighted by Crippen LogP contribution is -2.11. The number of hydrogen-bond donors (Lipinski definition) is 0. The Labute approximate surface area is 78.3 Å². The number of nitrogens with zero attached hydrogens (tertiary/aromatic N) is 1. The molecule has 1 aromatic rings. The second-order valence-corrected chi connectivity index (χ2v) is 3.24. The zero-order valence-corrected chi connectivity index (χ0v) is 7.62. The first kappa shape index (κ1) is 8.45. The lowest BCUT2D eigenvalue weighted by Gasteiger charge is -2.18. The van der Waals surface area contributed by atoms with E-state index < -0.39 is 0 Å². The summed E-state index contributed by atoms with van der Waals surface area (Å²) in [5, 5.41) is 0. The summed E-state index contributed by atoms with van der Waals surface area (Å²) >= 11 is 0. The molecule has 0 radical (unpaired) electrons. The van der Waals surface area contributed by atoms with Gasteiger partial charge in [0.1, 0.15) is 0 Å². The van der Waals surface area contributed by atoms with Gasteiger partial charge >= 0.3 is 0 Å². The third-order valence-corrected chi connectivity index (χ3v) is 2.41. The van der Waals surface area contributed by atoms with Gasteiger partial charge in [-0.15, -0.1) is 0 Å². The third-order valence-electron chi connectivity index (χ3n) is 2.41. The molecule has 1 aromatic carbocycles. The second-order valence-electron chi connectivity index (χ2n) is 3.24. The van der Waals surface area contributed by atoms with Crippen LogP contribution in [0.25, 0.3) is 0 Å². The Morgan fingerprint density at radius 1 is 1.46 bits per heavy atom. The van der Waals surface area contributed by atoms with Crippen LogP contribution in [-0.2, 0) is 24.3 Å². The van der Waals surface area contributed by atoms with Crippen LogP contribution in [0.2, 0.25) is 0 Å². The molecule has 0 bridgehead atoms. The van der Waals surface area contributed by atoms with Crippen molar-refractivity contribution < 1.29 is 4.74 Å². The molecule has 13 heavy (non-hydrogen) atoms. The van der Waals surface area contributed by atoms with Crippen molar-refractivity contribution in [3.05, 3.63) is 34.9 Å². The van der Waals surface area contributed by atoms with Gasteiger partial charge in [0.05, 0.1) is 19.8 Å². The number of rotatable bonds is 2. The van der Waals surface area contributed by atoms with Gasteiger partial charge in [0, 0.05) is 0 Å². The highest BCUT2D eigenvalue weighted by Crippen LogP contribution is 2.21. The van der Waals surface area contributed by atoms with Gasteiger partial charge in [0.15, 0.2) is 0 Å². The first-order valence-corrected chi connectivity index (χ1v) is 4.51. The summed E-state index contributed by atoms with van der Waals surface area (Å²) in [5.74, 6) is 0. The molecule has 0 N–H and O–H groups in total. The van der Waals surface area contributed by atoms with Crippen molar-refractivity contribution in [3.8, 4) is 0 Å². The molecular formula is C11H13NO. The van der Waals surface area contributed by atoms with Crippen LogP contribution in [0, 0.1) is 0 Å². The van der Waals surface area contributed by atoms with E-state index in [9.17, 15) is 0 Å².